The molecule has 0 aliphatic heterocycles. The standard InChI is InChI=1S/C28H35N5O3/c1-5-33(6-2)20-19-29-27(34)21-7-9-22(10-8-21)30-28(35)31-23-11-15-25(16-12-23)36-26-17-13-24(14-18-26)32(3)4/h7-18H,5-6,19-20H2,1-4H3,(H,29,34)(H2,30,31,35). The average Bonchev–Trinajstić information content (AvgIpc) is 2.88. The third-order valence-electron chi connectivity index (χ3n) is 5.71. The zero-order valence-electron chi connectivity index (χ0n) is 21.4. The summed E-state index contributed by atoms with van der Waals surface area (Å²) in [6.45, 7) is 7.52. The Bertz CT molecular complexity index is 1110. The van der Waals surface area contributed by atoms with Crippen molar-refractivity contribution in [2.75, 3.05) is 55.8 Å². The third-order valence-corrected chi connectivity index (χ3v) is 5.71. The van der Waals surface area contributed by atoms with Crippen molar-refractivity contribution in [3.63, 3.8) is 0 Å². The highest BCUT2D eigenvalue weighted by Crippen LogP contribution is 2.25. The number of carbonyl (C=O) groups excluding carboxylic acids is 2. The monoisotopic (exact) mass is 489 g/mol. The van der Waals surface area contributed by atoms with Crippen LogP contribution in [0.3, 0.4) is 0 Å². The van der Waals surface area contributed by atoms with Crippen LogP contribution in [0.1, 0.15) is 24.2 Å². The molecule has 0 radical (unpaired) electrons. The van der Waals surface area contributed by atoms with Gasteiger partial charge in [0.25, 0.3) is 5.91 Å². The van der Waals surface area contributed by atoms with Crippen LogP contribution in [0, 0.1) is 0 Å². The number of nitrogens with one attached hydrogen (secondary N) is 3. The Kier molecular flexibility index (Phi) is 9.71. The lowest BCUT2D eigenvalue weighted by Crippen LogP contribution is -2.34. The molecule has 3 amide bonds. The highest BCUT2D eigenvalue weighted by Gasteiger charge is 2.08. The minimum Gasteiger partial charge on any atom is -0.457 e. The molecule has 8 nitrogen and oxygen atoms in total. The highest BCUT2D eigenvalue weighted by molar-refractivity contribution is 6.00. The first-order valence-corrected chi connectivity index (χ1v) is 12.1. The summed E-state index contributed by atoms with van der Waals surface area (Å²) in [7, 11) is 3.98. The maximum atomic E-state index is 12.4. The van der Waals surface area contributed by atoms with Crippen LogP contribution in [-0.4, -0.2) is 57.1 Å². The second-order valence-corrected chi connectivity index (χ2v) is 8.45. The summed E-state index contributed by atoms with van der Waals surface area (Å²) in [5, 5.41) is 8.49. The number of ether oxygens (including phenoxy) is 1. The van der Waals surface area contributed by atoms with E-state index in [1.165, 1.54) is 0 Å². The number of anilines is 3. The second-order valence-electron chi connectivity index (χ2n) is 8.45. The van der Waals surface area contributed by atoms with Crippen molar-refractivity contribution < 1.29 is 14.3 Å². The van der Waals surface area contributed by atoms with E-state index in [1.807, 2.05) is 43.3 Å². The number of hydrogen-bond donors (Lipinski definition) is 3. The maximum Gasteiger partial charge on any atom is 0.323 e. The van der Waals surface area contributed by atoms with Crippen molar-refractivity contribution in [3.05, 3.63) is 78.4 Å². The van der Waals surface area contributed by atoms with E-state index in [0.29, 0.717) is 29.2 Å². The average molecular weight is 490 g/mol. The van der Waals surface area contributed by atoms with Crippen LogP contribution in [0.25, 0.3) is 0 Å². The molecule has 3 aromatic carbocycles. The zero-order chi connectivity index (χ0) is 25.9. The molecule has 0 fully saturated rings. The van der Waals surface area contributed by atoms with Crippen LogP contribution < -0.4 is 25.6 Å². The van der Waals surface area contributed by atoms with E-state index in [9.17, 15) is 9.59 Å². The van der Waals surface area contributed by atoms with Crippen LogP contribution in [0.15, 0.2) is 72.8 Å². The minimum atomic E-state index is -0.376. The van der Waals surface area contributed by atoms with Gasteiger partial charge in [-0.05, 0) is 85.9 Å². The van der Waals surface area contributed by atoms with Gasteiger partial charge in [-0.25, -0.2) is 4.79 Å². The van der Waals surface area contributed by atoms with Gasteiger partial charge in [0, 0.05) is 49.8 Å². The molecule has 0 bridgehead atoms. The molecule has 0 saturated carbocycles. The zero-order valence-corrected chi connectivity index (χ0v) is 21.4. The van der Waals surface area contributed by atoms with Crippen molar-refractivity contribution in [3.8, 4) is 11.5 Å². The van der Waals surface area contributed by atoms with Crippen molar-refractivity contribution >= 4 is 29.0 Å². The van der Waals surface area contributed by atoms with E-state index in [4.69, 9.17) is 4.74 Å². The smallest absolute Gasteiger partial charge is 0.323 e. The summed E-state index contributed by atoms with van der Waals surface area (Å²) in [5.74, 6) is 1.28. The Hall–Kier alpha value is -4.04. The van der Waals surface area contributed by atoms with Crippen LogP contribution >= 0.6 is 0 Å². The first-order valence-electron chi connectivity index (χ1n) is 12.1. The predicted molar refractivity (Wildman–Crippen MR) is 146 cm³/mol. The molecule has 0 unspecified atom stereocenters. The van der Waals surface area contributed by atoms with Crippen LogP contribution in [0.2, 0.25) is 0 Å². The molecular weight excluding hydrogens is 454 g/mol. The molecule has 36 heavy (non-hydrogen) atoms. The summed E-state index contributed by atoms with van der Waals surface area (Å²) in [6, 6.07) is 21.4. The topological polar surface area (TPSA) is 85.9 Å². The summed E-state index contributed by atoms with van der Waals surface area (Å²) in [6.07, 6.45) is 0. The van der Waals surface area contributed by atoms with Gasteiger partial charge in [0.05, 0.1) is 0 Å². The Balaban J connectivity index is 1.46. The molecule has 0 aromatic heterocycles. The Morgan fingerprint density at radius 1 is 0.750 bits per heavy atom. The fourth-order valence-electron chi connectivity index (χ4n) is 3.52. The van der Waals surface area contributed by atoms with Gasteiger partial charge in [-0.2, -0.15) is 0 Å². The molecule has 0 aliphatic carbocycles. The highest BCUT2D eigenvalue weighted by atomic mass is 16.5. The number of likely N-dealkylation sites (N-methyl/N-ethyl adjacent to an activating group) is 1. The van der Waals surface area contributed by atoms with Crippen molar-refractivity contribution in [1.82, 2.24) is 10.2 Å². The number of rotatable bonds is 11. The largest absolute Gasteiger partial charge is 0.457 e. The van der Waals surface area contributed by atoms with Gasteiger partial charge in [0.15, 0.2) is 0 Å². The van der Waals surface area contributed by atoms with E-state index >= 15 is 0 Å². The Morgan fingerprint density at radius 2 is 1.25 bits per heavy atom. The number of nitrogens with zero attached hydrogens (tertiary/aromatic N) is 2. The quantitative estimate of drug-likeness (QED) is 0.342. The van der Waals surface area contributed by atoms with Crippen LogP contribution in [0.5, 0.6) is 11.5 Å². The second kappa shape index (κ2) is 13.2. The number of hydrogen-bond acceptors (Lipinski definition) is 5. The molecule has 190 valence electrons. The van der Waals surface area contributed by atoms with E-state index in [0.717, 1.165) is 31.1 Å². The third kappa shape index (κ3) is 8.02. The van der Waals surface area contributed by atoms with Gasteiger partial charge in [-0.1, -0.05) is 13.8 Å². The molecule has 0 aliphatic rings. The van der Waals surface area contributed by atoms with E-state index in [1.54, 1.807) is 48.5 Å². The number of urea groups is 1. The molecule has 3 N–H and O–H groups in total. The SMILES string of the molecule is CCN(CC)CCNC(=O)c1ccc(NC(=O)Nc2ccc(Oc3ccc(N(C)C)cc3)cc2)cc1. The lowest BCUT2D eigenvalue weighted by Gasteiger charge is -2.18. The lowest BCUT2D eigenvalue weighted by atomic mass is 10.2. The van der Waals surface area contributed by atoms with Crippen molar-refractivity contribution in [2.24, 2.45) is 0 Å². The van der Waals surface area contributed by atoms with Gasteiger partial charge in [0.1, 0.15) is 11.5 Å². The van der Waals surface area contributed by atoms with E-state index in [2.05, 4.69) is 34.7 Å². The van der Waals surface area contributed by atoms with E-state index < -0.39 is 0 Å². The first kappa shape index (κ1) is 26.6. The lowest BCUT2D eigenvalue weighted by molar-refractivity contribution is 0.0949. The normalized spacial score (nSPS) is 10.6. The number of carbonyl (C=O) groups is 2. The van der Waals surface area contributed by atoms with Gasteiger partial charge in [0.2, 0.25) is 0 Å². The number of benzene rings is 3. The first-order chi connectivity index (χ1) is 17.4. The maximum absolute atomic E-state index is 12.4. The summed E-state index contributed by atoms with van der Waals surface area (Å²) in [4.78, 5) is 29.0. The fourth-order valence-corrected chi connectivity index (χ4v) is 3.52. The van der Waals surface area contributed by atoms with E-state index in [-0.39, 0.29) is 11.9 Å². The summed E-state index contributed by atoms with van der Waals surface area (Å²) >= 11 is 0. The minimum absolute atomic E-state index is 0.130. The molecule has 3 rings (SSSR count). The molecule has 0 atom stereocenters. The van der Waals surface area contributed by atoms with Crippen LogP contribution in [-0.2, 0) is 0 Å². The van der Waals surface area contributed by atoms with Gasteiger partial charge in [-0.15, -0.1) is 0 Å². The van der Waals surface area contributed by atoms with Gasteiger partial charge < -0.3 is 30.5 Å². The molecule has 0 saturated heterocycles. The molecule has 8 heteroatoms. The fraction of sp³-hybridized carbons (Fsp3) is 0.286. The van der Waals surface area contributed by atoms with Gasteiger partial charge >= 0.3 is 6.03 Å². The van der Waals surface area contributed by atoms with Crippen LogP contribution in [0.4, 0.5) is 21.9 Å². The molecule has 0 spiro atoms. The van der Waals surface area contributed by atoms with Crippen molar-refractivity contribution in [2.45, 2.75) is 13.8 Å². The molecule has 3 aromatic rings. The van der Waals surface area contributed by atoms with Gasteiger partial charge in [-0.3, -0.25) is 4.79 Å². The Labute approximate surface area is 213 Å². The predicted octanol–water partition coefficient (Wildman–Crippen LogP) is 5.26. The summed E-state index contributed by atoms with van der Waals surface area (Å²) < 4.78 is 5.86. The van der Waals surface area contributed by atoms with Crippen molar-refractivity contribution in [1.29, 1.82) is 0 Å². The number of amides is 3. The molecular formula is C28H35N5O3. The molecule has 0 heterocycles. The summed E-state index contributed by atoms with van der Waals surface area (Å²) in [5.41, 5.74) is 2.87. The Morgan fingerprint density at radius 3 is 1.75 bits per heavy atom.